The molecule has 1 aliphatic heterocycles. The standard InChI is InChI=1S/C18H13F4N5/c19-13-1-3-14(4-2-13)27-17-16(8-25-27)15(5-6-24-17)12-7-23-11-26(9-12)10-18(20,21)22/h1-8,11H,9-10H2. The van der Waals surface area contributed by atoms with E-state index in [-0.39, 0.29) is 12.4 Å². The number of benzene rings is 1. The van der Waals surface area contributed by atoms with Crippen LogP contribution in [0, 0.1) is 5.82 Å². The molecule has 4 rings (SSSR count). The third kappa shape index (κ3) is 3.53. The van der Waals surface area contributed by atoms with Crippen molar-refractivity contribution in [3.63, 3.8) is 0 Å². The van der Waals surface area contributed by atoms with Crippen LogP contribution in [-0.2, 0) is 0 Å². The van der Waals surface area contributed by atoms with E-state index in [1.807, 2.05) is 0 Å². The van der Waals surface area contributed by atoms with Crippen LogP contribution >= 0.6 is 0 Å². The van der Waals surface area contributed by atoms with Crippen molar-refractivity contribution >= 4 is 22.9 Å². The van der Waals surface area contributed by atoms with E-state index in [4.69, 9.17) is 0 Å². The molecule has 0 fully saturated rings. The number of rotatable bonds is 3. The number of nitrogens with zero attached hydrogens (tertiary/aromatic N) is 5. The fraction of sp³-hybridized carbons (Fsp3) is 0.167. The van der Waals surface area contributed by atoms with Crippen LogP contribution in [0.1, 0.15) is 5.56 Å². The molecule has 3 heterocycles. The number of hydrogen-bond acceptors (Lipinski definition) is 4. The van der Waals surface area contributed by atoms with Crippen molar-refractivity contribution in [2.24, 2.45) is 4.99 Å². The summed E-state index contributed by atoms with van der Waals surface area (Å²) in [5.74, 6) is -0.362. The average molecular weight is 375 g/mol. The van der Waals surface area contributed by atoms with Gasteiger partial charge in [-0.2, -0.15) is 18.3 Å². The lowest BCUT2D eigenvalue weighted by molar-refractivity contribution is -0.136. The first kappa shape index (κ1) is 17.2. The van der Waals surface area contributed by atoms with Gasteiger partial charge in [0.15, 0.2) is 5.65 Å². The third-order valence-corrected chi connectivity index (χ3v) is 4.11. The first-order chi connectivity index (χ1) is 12.9. The van der Waals surface area contributed by atoms with Crippen LogP contribution in [0.15, 0.2) is 53.9 Å². The van der Waals surface area contributed by atoms with Gasteiger partial charge in [-0.3, -0.25) is 0 Å². The highest BCUT2D eigenvalue weighted by Crippen LogP contribution is 2.28. The summed E-state index contributed by atoms with van der Waals surface area (Å²) in [6.07, 6.45) is 1.56. The Bertz CT molecular complexity index is 1030. The lowest BCUT2D eigenvalue weighted by atomic mass is 10.0. The van der Waals surface area contributed by atoms with Gasteiger partial charge in [0.2, 0.25) is 0 Å². The second kappa shape index (κ2) is 6.49. The molecule has 1 aromatic carbocycles. The van der Waals surface area contributed by atoms with E-state index in [0.29, 0.717) is 27.9 Å². The van der Waals surface area contributed by atoms with E-state index in [0.717, 1.165) is 4.90 Å². The third-order valence-electron chi connectivity index (χ3n) is 4.11. The molecule has 27 heavy (non-hydrogen) atoms. The van der Waals surface area contributed by atoms with Crippen LogP contribution in [-0.4, -0.2) is 45.3 Å². The van der Waals surface area contributed by atoms with Crippen molar-refractivity contribution in [1.82, 2.24) is 19.7 Å². The normalized spacial score (nSPS) is 14.7. The van der Waals surface area contributed by atoms with Gasteiger partial charge in [0.25, 0.3) is 0 Å². The van der Waals surface area contributed by atoms with E-state index in [9.17, 15) is 17.6 Å². The SMILES string of the molecule is Fc1ccc(-n2ncc3c(C4=CN=CN(CC(F)(F)F)C4)ccnc32)cc1. The van der Waals surface area contributed by atoms with Gasteiger partial charge in [-0.1, -0.05) is 0 Å². The summed E-state index contributed by atoms with van der Waals surface area (Å²) < 4.78 is 52.7. The van der Waals surface area contributed by atoms with E-state index in [1.165, 1.54) is 24.7 Å². The smallest absolute Gasteiger partial charge is 0.349 e. The van der Waals surface area contributed by atoms with Crippen molar-refractivity contribution in [3.05, 3.63) is 60.3 Å². The van der Waals surface area contributed by atoms with Crippen LogP contribution in [0.4, 0.5) is 17.6 Å². The van der Waals surface area contributed by atoms with E-state index in [2.05, 4.69) is 15.1 Å². The number of aromatic nitrogens is 3. The molecule has 0 radical (unpaired) electrons. The summed E-state index contributed by atoms with van der Waals surface area (Å²) in [4.78, 5) is 9.36. The van der Waals surface area contributed by atoms with Crippen LogP contribution in [0.3, 0.4) is 0 Å². The first-order valence-corrected chi connectivity index (χ1v) is 8.03. The summed E-state index contributed by atoms with van der Waals surface area (Å²) in [6.45, 7) is -0.999. The minimum Gasteiger partial charge on any atom is -0.349 e. The second-order valence-corrected chi connectivity index (χ2v) is 6.07. The molecule has 0 saturated carbocycles. The highest BCUT2D eigenvalue weighted by molar-refractivity contribution is 5.91. The molecule has 0 spiro atoms. The molecule has 9 heteroatoms. The zero-order valence-corrected chi connectivity index (χ0v) is 13.9. The van der Waals surface area contributed by atoms with Gasteiger partial charge in [-0.15, -0.1) is 0 Å². The Morgan fingerprint density at radius 3 is 2.59 bits per heavy atom. The zero-order chi connectivity index (χ0) is 19.0. The maximum Gasteiger partial charge on any atom is 0.405 e. The summed E-state index contributed by atoms with van der Waals surface area (Å²) in [5, 5.41) is 4.98. The largest absolute Gasteiger partial charge is 0.405 e. The lowest BCUT2D eigenvalue weighted by Crippen LogP contribution is -2.35. The first-order valence-electron chi connectivity index (χ1n) is 8.03. The van der Waals surface area contributed by atoms with Gasteiger partial charge in [-0.05, 0) is 41.5 Å². The molecule has 3 aromatic rings. The Morgan fingerprint density at radius 1 is 1.07 bits per heavy atom. The number of hydrogen-bond donors (Lipinski definition) is 0. The summed E-state index contributed by atoms with van der Waals surface area (Å²) >= 11 is 0. The van der Waals surface area contributed by atoms with Crippen molar-refractivity contribution < 1.29 is 17.6 Å². The second-order valence-electron chi connectivity index (χ2n) is 6.07. The Kier molecular flexibility index (Phi) is 4.14. The molecule has 0 atom stereocenters. The lowest BCUT2D eigenvalue weighted by Gasteiger charge is -2.25. The number of aliphatic imine (C=N–C) groups is 1. The maximum absolute atomic E-state index is 13.2. The molecular weight excluding hydrogens is 362 g/mol. The molecule has 0 bridgehead atoms. The number of pyridine rings is 1. The van der Waals surface area contributed by atoms with Gasteiger partial charge in [0.1, 0.15) is 12.4 Å². The Hall–Kier alpha value is -3.23. The van der Waals surface area contributed by atoms with Crippen LogP contribution < -0.4 is 0 Å². The van der Waals surface area contributed by atoms with Gasteiger partial charge in [-0.25, -0.2) is 19.0 Å². The van der Waals surface area contributed by atoms with Crippen molar-refractivity contribution in [2.45, 2.75) is 6.18 Å². The Balaban J connectivity index is 1.70. The predicted molar refractivity (Wildman–Crippen MR) is 92.9 cm³/mol. The van der Waals surface area contributed by atoms with Crippen molar-refractivity contribution in [1.29, 1.82) is 0 Å². The molecule has 0 unspecified atom stereocenters. The minimum atomic E-state index is -4.31. The van der Waals surface area contributed by atoms with E-state index < -0.39 is 12.7 Å². The van der Waals surface area contributed by atoms with Crippen molar-refractivity contribution in [3.8, 4) is 5.69 Å². The predicted octanol–water partition coefficient (Wildman–Crippen LogP) is 3.81. The van der Waals surface area contributed by atoms with Crippen LogP contribution in [0.2, 0.25) is 0 Å². The fourth-order valence-electron chi connectivity index (χ4n) is 2.98. The van der Waals surface area contributed by atoms with Crippen LogP contribution in [0.25, 0.3) is 22.3 Å². The Morgan fingerprint density at radius 2 is 1.85 bits per heavy atom. The molecule has 5 nitrogen and oxygen atoms in total. The molecule has 0 amide bonds. The molecular formula is C18H13F4N5. The van der Waals surface area contributed by atoms with E-state index >= 15 is 0 Å². The number of fused-ring (bicyclic) bond motifs is 1. The van der Waals surface area contributed by atoms with E-state index in [1.54, 1.807) is 35.3 Å². The average Bonchev–Trinajstić information content (AvgIpc) is 3.05. The number of alkyl halides is 3. The topological polar surface area (TPSA) is 46.3 Å². The fourth-order valence-corrected chi connectivity index (χ4v) is 2.98. The minimum absolute atomic E-state index is 0.0733. The van der Waals surface area contributed by atoms with Crippen molar-refractivity contribution in [2.75, 3.05) is 13.1 Å². The number of halogens is 4. The van der Waals surface area contributed by atoms with Gasteiger partial charge in [0, 0.05) is 24.3 Å². The molecule has 0 N–H and O–H groups in total. The summed E-state index contributed by atoms with van der Waals surface area (Å²) in [5.41, 5.74) is 2.49. The summed E-state index contributed by atoms with van der Waals surface area (Å²) in [6, 6.07) is 7.51. The molecule has 0 saturated heterocycles. The zero-order valence-electron chi connectivity index (χ0n) is 13.9. The maximum atomic E-state index is 13.2. The molecule has 1 aliphatic rings. The highest BCUT2D eigenvalue weighted by Gasteiger charge is 2.31. The summed E-state index contributed by atoms with van der Waals surface area (Å²) in [7, 11) is 0. The Labute approximate surface area is 151 Å². The van der Waals surface area contributed by atoms with Gasteiger partial charge < -0.3 is 4.90 Å². The van der Waals surface area contributed by atoms with Gasteiger partial charge in [0.05, 0.1) is 18.2 Å². The quantitative estimate of drug-likeness (QED) is 0.654. The molecule has 0 aliphatic carbocycles. The molecule has 138 valence electrons. The highest BCUT2D eigenvalue weighted by atomic mass is 19.4. The van der Waals surface area contributed by atoms with Crippen LogP contribution in [0.5, 0.6) is 0 Å². The monoisotopic (exact) mass is 375 g/mol. The molecule has 2 aromatic heterocycles. The van der Waals surface area contributed by atoms with Gasteiger partial charge >= 0.3 is 6.18 Å².